The van der Waals surface area contributed by atoms with Gasteiger partial charge in [0.05, 0.1) is 5.69 Å². The molecule has 0 radical (unpaired) electrons. The lowest BCUT2D eigenvalue weighted by Gasteiger charge is -2.14. The van der Waals surface area contributed by atoms with Crippen molar-refractivity contribution in [3.63, 3.8) is 0 Å². The average molecular weight is 422 g/mol. The largest absolute Gasteiger partial charge is 0.326 e. The van der Waals surface area contributed by atoms with E-state index in [4.69, 9.17) is 0 Å². The smallest absolute Gasteiger partial charge is 0.242 e. The zero-order valence-corrected chi connectivity index (χ0v) is 18.4. The molecule has 6 heteroatoms. The molecule has 1 aliphatic rings. The third-order valence-electron chi connectivity index (χ3n) is 4.82. The summed E-state index contributed by atoms with van der Waals surface area (Å²) in [5, 5.41) is 2.99. The topological polar surface area (TPSA) is 61.8 Å². The van der Waals surface area contributed by atoms with E-state index in [-0.39, 0.29) is 18.2 Å². The van der Waals surface area contributed by atoms with Crippen LogP contribution in [0.15, 0.2) is 66.2 Å². The van der Waals surface area contributed by atoms with Gasteiger partial charge in [0.1, 0.15) is 5.25 Å². The molecule has 0 unspecified atom stereocenters. The highest BCUT2D eigenvalue weighted by molar-refractivity contribution is 8.15. The predicted molar refractivity (Wildman–Crippen MR) is 125 cm³/mol. The Morgan fingerprint density at radius 3 is 2.47 bits per heavy atom. The molecular formula is C24H27N3O2S. The molecule has 30 heavy (non-hydrogen) atoms. The minimum Gasteiger partial charge on any atom is -0.326 e. The maximum Gasteiger partial charge on any atom is 0.242 e. The zero-order chi connectivity index (χ0) is 21.7. The maximum atomic E-state index is 12.9. The van der Waals surface area contributed by atoms with Gasteiger partial charge in [-0.2, -0.15) is 0 Å². The number of nitrogens with one attached hydrogen (secondary N) is 1. The van der Waals surface area contributed by atoms with Crippen molar-refractivity contribution < 1.29 is 9.59 Å². The first-order chi connectivity index (χ1) is 14.4. The van der Waals surface area contributed by atoms with E-state index >= 15 is 0 Å². The Balaban J connectivity index is 1.69. The molecule has 1 atom stereocenters. The monoisotopic (exact) mass is 421 g/mol. The quantitative estimate of drug-likeness (QED) is 0.620. The van der Waals surface area contributed by atoms with Crippen LogP contribution in [0.1, 0.15) is 37.3 Å². The van der Waals surface area contributed by atoms with Crippen molar-refractivity contribution in [2.45, 2.75) is 38.4 Å². The molecule has 0 saturated carbocycles. The average Bonchev–Trinajstić information content (AvgIpc) is 2.99. The molecule has 5 nitrogen and oxygen atoms in total. The number of thioether (sulfide) groups is 1. The fourth-order valence-corrected chi connectivity index (χ4v) is 4.25. The molecule has 0 aromatic heterocycles. The number of aryl methyl sites for hydroxylation is 1. The van der Waals surface area contributed by atoms with Gasteiger partial charge in [0, 0.05) is 18.7 Å². The van der Waals surface area contributed by atoms with Gasteiger partial charge in [-0.25, -0.2) is 4.99 Å². The molecule has 156 valence electrons. The molecule has 2 aromatic carbocycles. The van der Waals surface area contributed by atoms with Crippen molar-refractivity contribution in [2.24, 2.45) is 4.99 Å². The number of benzene rings is 2. The Bertz CT molecular complexity index is 949. The highest BCUT2D eigenvalue weighted by Gasteiger charge is 2.38. The van der Waals surface area contributed by atoms with E-state index in [0.717, 1.165) is 16.9 Å². The molecule has 3 rings (SSSR count). The fraction of sp³-hybridized carbons (Fsp3) is 0.292. The fourth-order valence-electron chi connectivity index (χ4n) is 3.08. The van der Waals surface area contributed by atoms with Crippen molar-refractivity contribution in [3.8, 4) is 0 Å². The lowest BCUT2D eigenvalue weighted by Crippen LogP contribution is -2.33. The number of amidine groups is 1. The van der Waals surface area contributed by atoms with Crippen molar-refractivity contribution in [2.75, 3.05) is 11.9 Å². The van der Waals surface area contributed by atoms with Crippen LogP contribution in [0.3, 0.4) is 0 Å². The van der Waals surface area contributed by atoms with E-state index in [1.165, 1.54) is 17.3 Å². The Labute approximate surface area is 182 Å². The van der Waals surface area contributed by atoms with E-state index in [1.807, 2.05) is 55.5 Å². The summed E-state index contributed by atoms with van der Waals surface area (Å²) in [6.07, 6.45) is 1.76. The Hall–Kier alpha value is -2.86. The van der Waals surface area contributed by atoms with Crippen LogP contribution in [0.5, 0.6) is 0 Å². The van der Waals surface area contributed by atoms with E-state index < -0.39 is 5.25 Å². The molecule has 1 saturated heterocycles. The van der Waals surface area contributed by atoms with Crippen LogP contribution < -0.4 is 5.32 Å². The number of rotatable bonds is 7. The van der Waals surface area contributed by atoms with Gasteiger partial charge in [0.25, 0.3) is 0 Å². The summed E-state index contributed by atoms with van der Waals surface area (Å²) in [7, 11) is 0. The SMILES string of the molecule is C=CCN1C(=O)[C@@H](CC(=O)Nc2ccc(C(C)C)cc2)SC1=Nc1ccc(C)cc1. The number of carbonyl (C=O) groups excluding carboxylic acids is 2. The third-order valence-corrected chi connectivity index (χ3v) is 6.00. The van der Waals surface area contributed by atoms with Crippen LogP contribution in [0, 0.1) is 6.92 Å². The van der Waals surface area contributed by atoms with E-state index in [9.17, 15) is 9.59 Å². The molecule has 0 bridgehead atoms. The minimum absolute atomic E-state index is 0.0932. The summed E-state index contributed by atoms with van der Waals surface area (Å²) < 4.78 is 0. The lowest BCUT2D eigenvalue weighted by atomic mass is 10.0. The molecule has 0 aliphatic carbocycles. The van der Waals surface area contributed by atoms with Crippen molar-refractivity contribution >= 4 is 40.1 Å². The molecule has 2 amide bonds. The van der Waals surface area contributed by atoms with Gasteiger partial charge in [-0.15, -0.1) is 6.58 Å². The lowest BCUT2D eigenvalue weighted by molar-refractivity contribution is -0.127. The molecule has 1 aliphatic heterocycles. The predicted octanol–water partition coefficient (Wildman–Crippen LogP) is 5.26. The van der Waals surface area contributed by atoms with Crippen molar-refractivity contribution in [3.05, 3.63) is 72.3 Å². The highest BCUT2D eigenvalue weighted by Crippen LogP contribution is 2.32. The zero-order valence-electron chi connectivity index (χ0n) is 17.6. The summed E-state index contributed by atoms with van der Waals surface area (Å²) in [4.78, 5) is 31.6. The molecule has 1 N–H and O–H groups in total. The van der Waals surface area contributed by atoms with Gasteiger partial charge >= 0.3 is 0 Å². The number of hydrogen-bond acceptors (Lipinski definition) is 4. The summed E-state index contributed by atoms with van der Waals surface area (Å²) in [6.45, 7) is 10.4. The van der Waals surface area contributed by atoms with Crippen LogP contribution in [0.25, 0.3) is 0 Å². The molecule has 1 fully saturated rings. The first-order valence-electron chi connectivity index (χ1n) is 10.0. The van der Waals surface area contributed by atoms with E-state index in [2.05, 4.69) is 30.7 Å². The van der Waals surface area contributed by atoms with Crippen LogP contribution in [-0.2, 0) is 9.59 Å². The summed E-state index contributed by atoms with van der Waals surface area (Å²) >= 11 is 1.33. The van der Waals surface area contributed by atoms with Crippen molar-refractivity contribution in [1.82, 2.24) is 4.90 Å². The number of amides is 2. The van der Waals surface area contributed by atoms with Gasteiger partial charge in [0.2, 0.25) is 11.8 Å². The van der Waals surface area contributed by atoms with Crippen LogP contribution in [0.4, 0.5) is 11.4 Å². The number of anilines is 1. The van der Waals surface area contributed by atoms with Gasteiger partial charge in [0.15, 0.2) is 5.17 Å². The number of nitrogens with zero attached hydrogens (tertiary/aromatic N) is 2. The van der Waals surface area contributed by atoms with E-state index in [1.54, 1.807) is 11.0 Å². The normalized spacial score (nSPS) is 17.6. The molecule has 2 aromatic rings. The third kappa shape index (κ3) is 5.39. The number of carbonyl (C=O) groups is 2. The first-order valence-corrected chi connectivity index (χ1v) is 10.9. The Kier molecular flexibility index (Phi) is 7.11. The van der Waals surface area contributed by atoms with Gasteiger partial charge in [-0.05, 0) is 42.7 Å². The summed E-state index contributed by atoms with van der Waals surface area (Å²) in [6, 6.07) is 15.6. The maximum absolute atomic E-state index is 12.9. The Morgan fingerprint density at radius 2 is 1.87 bits per heavy atom. The van der Waals surface area contributed by atoms with Crippen LogP contribution in [0.2, 0.25) is 0 Å². The van der Waals surface area contributed by atoms with Gasteiger partial charge in [-0.3, -0.25) is 14.5 Å². The second-order valence-electron chi connectivity index (χ2n) is 7.60. The van der Waals surface area contributed by atoms with Gasteiger partial charge in [-0.1, -0.05) is 61.5 Å². The molecule has 1 heterocycles. The number of hydrogen-bond donors (Lipinski definition) is 1. The molecule has 0 spiro atoms. The van der Waals surface area contributed by atoms with E-state index in [0.29, 0.717) is 17.6 Å². The molecular weight excluding hydrogens is 394 g/mol. The van der Waals surface area contributed by atoms with Crippen LogP contribution >= 0.6 is 11.8 Å². The number of aliphatic imine (C=N–C) groups is 1. The second-order valence-corrected chi connectivity index (χ2v) is 8.77. The minimum atomic E-state index is -0.496. The second kappa shape index (κ2) is 9.76. The van der Waals surface area contributed by atoms with Crippen LogP contribution in [-0.4, -0.2) is 33.7 Å². The van der Waals surface area contributed by atoms with Gasteiger partial charge < -0.3 is 5.32 Å². The summed E-state index contributed by atoms with van der Waals surface area (Å²) in [5.74, 6) is 0.133. The van der Waals surface area contributed by atoms with Crippen molar-refractivity contribution in [1.29, 1.82) is 0 Å². The first kappa shape index (κ1) is 21.8. The standard InChI is InChI=1S/C24H27N3O2S/c1-5-14-27-23(29)21(30-24(27)26-20-10-6-17(4)7-11-20)15-22(28)25-19-12-8-18(9-13-19)16(2)3/h5-13,16,21H,1,14-15H2,2-4H3,(H,25,28)/t21-/m1/s1. The Morgan fingerprint density at radius 1 is 1.20 bits per heavy atom. The summed E-state index contributed by atoms with van der Waals surface area (Å²) in [5.41, 5.74) is 3.87. The highest BCUT2D eigenvalue weighted by atomic mass is 32.2.